The number of rotatable bonds is 9. The summed E-state index contributed by atoms with van der Waals surface area (Å²) in [4.78, 5) is 23.2. The zero-order chi connectivity index (χ0) is 16.4. The number of carbonyl (C=O) groups excluding carboxylic acids is 2. The van der Waals surface area contributed by atoms with Crippen LogP contribution < -0.4 is 21.7 Å². The van der Waals surface area contributed by atoms with Crippen molar-refractivity contribution in [1.82, 2.24) is 16.0 Å². The van der Waals surface area contributed by atoms with Gasteiger partial charge in [0.1, 0.15) is 0 Å². The smallest absolute Gasteiger partial charge is 0.312 e. The fourth-order valence-corrected chi connectivity index (χ4v) is 2.24. The van der Waals surface area contributed by atoms with E-state index in [-0.39, 0.29) is 24.7 Å². The number of hydrogen-bond acceptors (Lipinski definition) is 3. The molecule has 0 radical (unpaired) electrons. The minimum Gasteiger partial charge on any atom is -0.355 e. The Morgan fingerprint density at radius 2 is 1.87 bits per heavy atom. The van der Waals surface area contributed by atoms with Gasteiger partial charge in [-0.25, -0.2) is 4.79 Å². The van der Waals surface area contributed by atoms with Gasteiger partial charge in [0.05, 0.1) is 12.5 Å². The van der Waals surface area contributed by atoms with Gasteiger partial charge in [0, 0.05) is 13.1 Å². The van der Waals surface area contributed by atoms with Crippen molar-refractivity contribution < 1.29 is 9.59 Å². The van der Waals surface area contributed by atoms with Crippen LogP contribution in [0.5, 0.6) is 0 Å². The second kappa shape index (κ2) is 11.7. The Morgan fingerprint density at radius 3 is 2.48 bits per heavy atom. The summed E-state index contributed by atoms with van der Waals surface area (Å²) in [5.74, 6) is -0.111. The van der Waals surface area contributed by atoms with E-state index in [1.165, 1.54) is 0 Å². The molecule has 3 amide bonds. The monoisotopic (exact) mass is 342 g/mol. The molecule has 0 bridgehead atoms. The Labute approximate surface area is 144 Å². The molecule has 1 rings (SSSR count). The van der Waals surface area contributed by atoms with E-state index < -0.39 is 12.1 Å². The maximum atomic E-state index is 12.0. The second-order valence-electron chi connectivity index (χ2n) is 5.22. The first-order valence-electron chi connectivity index (χ1n) is 7.63. The molecule has 1 atom stereocenters. The normalized spacial score (nSPS) is 11.2. The highest BCUT2D eigenvalue weighted by atomic mass is 35.5. The number of nitrogens with two attached hydrogens (primary N) is 1. The number of hydrogen-bond donors (Lipinski definition) is 4. The summed E-state index contributed by atoms with van der Waals surface area (Å²) in [5.41, 5.74) is 7.14. The second-order valence-corrected chi connectivity index (χ2v) is 5.22. The molecule has 1 aromatic rings. The number of benzene rings is 1. The van der Waals surface area contributed by atoms with Crippen LogP contribution in [0.15, 0.2) is 24.3 Å². The first-order valence-corrected chi connectivity index (χ1v) is 7.63. The fraction of sp³-hybridized carbons (Fsp3) is 0.500. The van der Waals surface area contributed by atoms with Gasteiger partial charge < -0.3 is 21.7 Å². The lowest BCUT2D eigenvalue weighted by molar-refractivity contribution is -0.121. The summed E-state index contributed by atoms with van der Waals surface area (Å²) in [5, 5.41) is 8.69. The summed E-state index contributed by atoms with van der Waals surface area (Å²) in [7, 11) is 0. The Morgan fingerprint density at radius 1 is 1.17 bits per heavy atom. The highest BCUT2D eigenvalue weighted by molar-refractivity contribution is 5.85. The van der Waals surface area contributed by atoms with Crippen LogP contribution in [0.25, 0.3) is 0 Å². The maximum Gasteiger partial charge on any atom is 0.312 e. The predicted molar refractivity (Wildman–Crippen MR) is 94.7 cm³/mol. The van der Waals surface area contributed by atoms with E-state index in [4.69, 9.17) is 5.73 Å². The van der Waals surface area contributed by atoms with Crippen molar-refractivity contribution in [1.29, 1.82) is 0 Å². The topological polar surface area (TPSA) is 96.2 Å². The lowest BCUT2D eigenvalue weighted by Crippen LogP contribution is -2.38. The van der Waals surface area contributed by atoms with Gasteiger partial charge in [0.2, 0.25) is 5.91 Å². The first-order chi connectivity index (χ1) is 10.5. The van der Waals surface area contributed by atoms with Crippen LogP contribution in [0.2, 0.25) is 0 Å². The average molecular weight is 343 g/mol. The SMILES string of the molecule is CCCNCCNC(=O)CC(NC(N)=O)c1ccccc1C.Cl. The van der Waals surface area contributed by atoms with Crippen molar-refractivity contribution in [2.75, 3.05) is 19.6 Å². The molecule has 0 saturated carbocycles. The number of primary amides is 1. The van der Waals surface area contributed by atoms with Crippen molar-refractivity contribution >= 4 is 24.3 Å². The number of nitrogens with one attached hydrogen (secondary N) is 3. The van der Waals surface area contributed by atoms with E-state index in [0.717, 1.165) is 30.6 Å². The van der Waals surface area contributed by atoms with Crippen molar-refractivity contribution in [2.24, 2.45) is 5.73 Å². The summed E-state index contributed by atoms with van der Waals surface area (Å²) in [6, 6.07) is 6.58. The van der Waals surface area contributed by atoms with E-state index in [1.807, 2.05) is 31.2 Å². The third kappa shape index (κ3) is 8.42. The number of amides is 3. The van der Waals surface area contributed by atoms with Crippen LogP contribution in [0.4, 0.5) is 4.79 Å². The van der Waals surface area contributed by atoms with Crippen LogP contribution in [0.3, 0.4) is 0 Å². The lowest BCUT2D eigenvalue weighted by Gasteiger charge is -2.19. The van der Waals surface area contributed by atoms with E-state index in [9.17, 15) is 9.59 Å². The minimum atomic E-state index is -0.634. The summed E-state index contributed by atoms with van der Waals surface area (Å²) in [6.07, 6.45) is 1.23. The molecule has 23 heavy (non-hydrogen) atoms. The summed E-state index contributed by atoms with van der Waals surface area (Å²) < 4.78 is 0. The van der Waals surface area contributed by atoms with Crippen LogP contribution in [0, 0.1) is 6.92 Å². The van der Waals surface area contributed by atoms with E-state index in [2.05, 4.69) is 22.9 Å². The Balaban J connectivity index is 0.00000484. The number of halogens is 1. The van der Waals surface area contributed by atoms with Gasteiger partial charge in [-0.2, -0.15) is 0 Å². The quantitative estimate of drug-likeness (QED) is 0.513. The highest BCUT2D eigenvalue weighted by Crippen LogP contribution is 2.20. The van der Waals surface area contributed by atoms with Crippen LogP contribution in [-0.2, 0) is 4.79 Å². The molecule has 0 saturated heterocycles. The molecule has 6 nitrogen and oxygen atoms in total. The average Bonchev–Trinajstić information content (AvgIpc) is 2.46. The summed E-state index contributed by atoms with van der Waals surface area (Å²) in [6.45, 7) is 6.27. The van der Waals surface area contributed by atoms with Crippen LogP contribution in [-0.4, -0.2) is 31.6 Å². The minimum absolute atomic E-state index is 0. The van der Waals surface area contributed by atoms with E-state index >= 15 is 0 Å². The zero-order valence-electron chi connectivity index (χ0n) is 13.7. The van der Waals surface area contributed by atoms with Gasteiger partial charge in [-0.15, -0.1) is 12.4 Å². The molecule has 5 N–H and O–H groups in total. The molecule has 0 aliphatic rings. The van der Waals surface area contributed by atoms with Crippen LogP contribution in [0.1, 0.15) is 36.9 Å². The lowest BCUT2D eigenvalue weighted by atomic mass is 9.98. The standard InChI is InChI=1S/C16H26N4O2.ClH/c1-3-8-18-9-10-19-15(21)11-14(20-16(17)22)13-7-5-4-6-12(13)2;/h4-7,14,18H,3,8-11H2,1-2H3,(H,19,21)(H3,17,20,22);1H. The molecule has 1 unspecified atom stereocenters. The van der Waals surface area contributed by atoms with Gasteiger partial charge >= 0.3 is 6.03 Å². The third-order valence-corrected chi connectivity index (χ3v) is 3.32. The van der Waals surface area contributed by atoms with Gasteiger partial charge in [-0.05, 0) is 31.0 Å². The predicted octanol–water partition coefficient (Wildman–Crippen LogP) is 1.63. The molecular weight excluding hydrogens is 316 g/mol. The van der Waals surface area contributed by atoms with Crippen molar-refractivity contribution in [3.05, 3.63) is 35.4 Å². The van der Waals surface area contributed by atoms with Gasteiger partial charge in [0.25, 0.3) is 0 Å². The number of aryl methyl sites for hydroxylation is 1. The molecule has 0 aliphatic carbocycles. The summed E-state index contributed by atoms with van der Waals surface area (Å²) >= 11 is 0. The van der Waals surface area contributed by atoms with Gasteiger partial charge in [-0.3, -0.25) is 4.79 Å². The largest absolute Gasteiger partial charge is 0.355 e. The number of urea groups is 1. The molecular formula is C16H27ClN4O2. The van der Waals surface area contributed by atoms with E-state index in [0.29, 0.717) is 6.54 Å². The molecule has 0 fully saturated rings. The third-order valence-electron chi connectivity index (χ3n) is 3.32. The molecule has 0 spiro atoms. The number of carbonyl (C=O) groups is 2. The Hall–Kier alpha value is -1.79. The van der Waals surface area contributed by atoms with E-state index in [1.54, 1.807) is 0 Å². The van der Waals surface area contributed by atoms with Gasteiger partial charge in [-0.1, -0.05) is 31.2 Å². The Bertz CT molecular complexity index is 497. The van der Waals surface area contributed by atoms with Crippen molar-refractivity contribution in [2.45, 2.75) is 32.7 Å². The van der Waals surface area contributed by atoms with Gasteiger partial charge in [0.15, 0.2) is 0 Å². The highest BCUT2D eigenvalue weighted by Gasteiger charge is 2.18. The zero-order valence-corrected chi connectivity index (χ0v) is 14.5. The van der Waals surface area contributed by atoms with Crippen molar-refractivity contribution in [3.8, 4) is 0 Å². The van der Waals surface area contributed by atoms with Crippen molar-refractivity contribution in [3.63, 3.8) is 0 Å². The molecule has 130 valence electrons. The molecule has 7 heteroatoms. The molecule has 0 aromatic heterocycles. The maximum absolute atomic E-state index is 12.0. The molecule has 0 aliphatic heterocycles. The Kier molecular flexibility index (Phi) is 10.8. The van der Waals surface area contributed by atoms with Crippen LogP contribution >= 0.6 is 12.4 Å². The molecule has 0 heterocycles. The first kappa shape index (κ1) is 21.2. The molecule has 1 aromatic carbocycles. The fourth-order valence-electron chi connectivity index (χ4n) is 2.24.